The van der Waals surface area contributed by atoms with Crippen LogP contribution in [-0.2, 0) is 5.41 Å². The fraction of sp³-hybridized carbons (Fsp3) is 0.100. The van der Waals surface area contributed by atoms with Crippen LogP contribution in [0.15, 0.2) is 109 Å². The van der Waals surface area contributed by atoms with Gasteiger partial charge < -0.3 is 0 Å². The van der Waals surface area contributed by atoms with E-state index in [1.807, 2.05) is 48.7 Å². The lowest BCUT2D eigenvalue weighted by Gasteiger charge is -2.23. The van der Waals surface area contributed by atoms with Crippen LogP contribution >= 0.6 is 0 Å². The molecular formula is C30H24N4. The molecule has 0 aliphatic rings. The monoisotopic (exact) mass is 440 g/mol. The molecule has 3 aromatic heterocycles. The van der Waals surface area contributed by atoms with Crippen molar-refractivity contribution in [2.24, 2.45) is 0 Å². The standard InChI is InChI=1S/C30H24N4/c1-30(2,28-18-10-16-24(32-28)21-11-4-3-5-12-21)29-23-14-7-9-17-26(23)34(33-29)27-19-20-31-25-15-8-6-13-22(25)27/h3-20H,1-2H3. The number of hydrogen-bond donors (Lipinski definition) is 0. The smallest absolute Gasteiger partial charge is 0.0823 e. The third-order valence-electron chi connectivity index (χ3n) is 6.49. The summed E-state index contributed by atoms with van der Waals surface area (Å²) in [5, 5.41) is 7.41. The Bertz CT molecular complexity index is 1630. The number of hydrogen-bond acceptors (Lipinski definition) is 3. The van der Waals surface area contributed by atoms with Crippen LogP contribution in [0.2, 0.25) is 0 Å². The van der Waals surface area contributed by atoms with E-state index in [1.165, 1.54) is 0 Å². The number of aromatic nitrogens is 4. The highest BCUT2D eigenvalue weighted by molar-refractivity contribution is 5.91. The van der Waals surface area contributed by atoms with E-state index in [1.54, 1.807) is 0 Å². The summed E-state index contributed by atoms with van der Waals surface area (Å²) in [7, 11) is 0. The molecule has 0 saturated heterocycles. The predicted molar refractivity (Wildman–Crippen MR) is 138 cm³/mol. The highest BCUT2D eigenvalue weighted by atomic mass is 15.3. The van der Waals surface area contributed by atoms with Gasteiger partial charge in [-0.3, -0.25) is 9.97 Å². The average molecular weight is 441 g/mol. The molecule has 0 aliphatic heterocycles. The molecule has 0 bridgehead atoms. The number of pyridine rings is 2. The molecule has 0 amide bonds. The summed E-state index contributed by atoms with van der Waals surface area (Å²) in [6, 6.07) is 35.2. The minimum Gasteiger partial charge on any atom is -0.256 e. The van der Waals surface area contributed by atoms with E-state index < -0.39 is 5.41 Å². The quantitative estimate of drug-likeness (QED) is 0.297. The van der Waals surface area contributed by atoms with Crippen molar-refractivity contribution in [3.8, 4) is 16.9 Å². The molecule has 0 unspecified atom stereocenters. The van der Waals surface area contributed by atoms with Gasteiger partial charge in [-0.2, -0.15) is 5.10 Å². The van der Waals surface area contributed by atoms with E-state index in [2.05, 4.69) is 84.2 Å². The molecule has 0 spiro atoms. The summed E-state index contributed by atoms with van der Waals surface area (Å²) in [6.45, 7) is 4.40. The van der Waals surface area contributed by atoms with Gasteiger partial charge in [0.25, 0.3) is 0 Å². The average Bonchev–Trinajstić information content (AvgIpc) is 3.29. The van der Waals surface area contributed by atoms with E-state index >= 15 is 0 Å². The van der Waals surface area contributed by atoms with Gasteiger partial charge >= 0.3 is 0 Å². The van der Waals surface area contributed by atoms with E-state index in [0.717, 1.165) is 50.1 Å². The molecule has 0 N–H and O–H groups in total. The lowest BCUT2D eigenvalue weighted by Crippen LogP contribution is -2.22. The minimum atomic E-state index is -0.404. The van der Waals surface area contributed by atoms with Crippen LogP contribution in [0.3, 0.4) is 0 Å². The van der Waals surface area contributed by atoms with Crippen LogP contribution in [0.25, 0.3) is 38.8 Å². The van der Waals surface area contributed by atoms with Gasteiger partial charge in [0.1, 0.15) is 0 Å². The summed E-state index contributed by atoms with van der Waals surface area (Å²) in [5.74, 6) is 0. The lowest BCUT2D eigenvalue weighted by molar-refractivity contribution is 0.591. The molecule has 0 atom stereocenters. The summed E-state index contributed by atoms with van der Waals surface area (Å²) in [5.41, 5.74) is 6.71. The fourth-order valence-electron chi connectivity index (χ4n) is 4.65. The van der Waals surface area contributed by atoms with E-state index in [0.29, 0.717) is 0 Å². The van der Waals surface area contributed by atoms with Crippen molar-refractivity contribution in [1.82, 2.24) is 19.7 Å². The Balaban J connectivity index is 1.55. The summed E-state index contributed by atoms with van der Waals surface area (Å²) in [6.07, 6.45) is 1.85. The topological polar surface area (TPSA) is 43.6 Å². The molecule has 4 nitrogen and oxygen atoms in total. The molecule has 0 fully saturated rings. The van der Waals surface area contributed by atoms with Crippen molar-refractivity contribution in [3.63, 3.8) is 0 Å². The first-order chi connectivity index (χ1) is 16.6. The largest absolute Gasteiger partial charge is 0.256 e. The maximum atomic E-state index is 5.21. The Hall–Kier alpha value is -4.31. The zero-order valence-corrected chi connectivity index (χ0v) is 19.2. The van der Waals surface area contributed by atoms with E-state index in [9.17, 15) is 0 Å². The molecule has 6 rings (SSSR count). The zero-order valence-electron chi connectivity index (χ0n) is 19.2. The zero-order chi connectivity index (χ0) is 23.1. The normalized spacial score (nSPS) is 11.8. The van der Waals surface area contributed by atoms with Crippen molar-refractivity contribution in [2.45, 2.75) is 19.3 Å². The van der Waals surface area contributed by atoms with Crippen molar-refractivity contribution >= 4 is 21.8 Å². The molecule has 4 heteroatoms. The number of para-hydroxylation sites is 2. The number of rotatable bonds is 4. The summed E-state index contributed by atoms with van der Waals surface area (Å²) in [4.78, 5) is 9.61. The Morgan fingerprint density at radius 3 is 2.26 bits per heavy atom. The van der Waals surface area contributed by atoms with Crippen LogP contribution in [0.1, 0.15) is 25.2 Å². The Morgan fingerprint density at radius 2 is 1.41 bits per heavy atom. The second-order valence-corrected chi connectivity index (χ2v) is 9.02. The molecule has 0 saturated carbocycles. The van der Waals surface area contributed by atoms with Crippen molar-refractivity contribution in [1.29, 1.82) is 0 Å². The first-order valence-corrected chi connectivity index (χ1v) is 11.5. The van der Waals surface area contributed by atoms with Crippen molar-refractivity contribution < 1.29 is 0 Å². The Morgan fingerprint density at radius 1 is 0.676 bits per heavy atom. The van der Waals surface area contributed by atoms with Crippen LogP contribution < -0.4 is 0 Å². The van der Waals surface area contributed by atoms with Crippen molar-refractivity contribution in [2.75, 3.05) is 0 Å². The summed E-state index contributed by atoms with van der Waals surface area (Å²) < 4.78 is 2.05. The first-order valence-electron chi connectivity index (χ1n) is 11.5. The highest BCUT2D eigenvalue weighted by Gasteiger charge is 2.31. The van der Waals surface area contributed by atoms with Gasteiger partial charge in [0.15, 0.2) is 0 Å². The first kappa shape index (κ1) is 20.3. The molecule has 34 heavy (non-hydrogen) atoms. The summed E-state index contributed by atoms with van der Waals surface area (Å²) >= 11 is 0. The minimum absolute atomic E-state index is 0.404. The van der Waals surface area contributed by atoms with Gasteiger partial charge in [-0.1, -0.05) is 72.8 Å². The third kappa shape index (κ3) is 3.27. The van der Waals surface area contributed by atoms with E-state index in [-0.39, 0.29) is 0 Å². The molecule has 0 radical (unpaired) electrons. The molecular weight excluding hydrogens is 416 g/mol. The van der Waals surface area contributed by atoms with Crippen LogP contribution in [0, 0.1) is 0 Å². The van der Waals surface area contributed by atoms with Crippen LogP contribution in [0.4, 0.5) is 0 Å². The van der Waals surface area contributed by atoms with Crippen molar-refractivity contribution in [3.05, 3.63) is 121 Å². The predicted octanol–water partition coefficient (Wildman–Crippen LogP) is 6.96. The molecule has 0 aliphatic carbocycles. The third-order valence-corrected chi connectivity index (χ3v) is 6.49. The SMILES string of the molecule is CC(C)(c1cccc(-c2ccccc2)n1)c1nn(-c2ccnc3ccccc23)c2ccccc12. The maximum absolute atomic E-state index is 5.21. The molecule has 6 aromatic rings. The van der Waals surface area contributed by atoms with Crippen LogP contribution in [0.5, 0.6) is 0 Å². The highest BCUT2D eigenvalue weighted by Crippen LogP contribution is 2.37. The lowest BCUT2D eigenvalue weighted by atomic mass is 9.83. The van der Waals surface area contributed by atoms with Gasteiger partial charge in [-0.25, -0.2) is 4.68 Å². The van der Waals surface area contributed by atoms with Gasteiger partial charge in [0.2, 0.25) is 0 Å². The Kier molecular flexibility index (Phi) is 4.73. The molecule has 164 valence electrons. The number of fused-ring (bicyclic) bond motifs is 2. The van der Waals surface area contributed by atoms with Gasteiger partial charge in [0.05, 0.1) is 39.2 Å². The van der Waals surface area contributed by atoms with E-state index in [4.69, 9.17) is 10.1 Å². The Labute approximate surface area is 198 Å². The molecule has 3 aromatic carbocycles. The maximum Gasteiger partial charge on any atom is 0.0823 e. The van der Waals surface area contributed by atoms with Gasteiger partial charge in [-0.05, 0) is 44.2 Å². The fourth-order valence-corrected chi connectivity index (χ4v) is 4.65. The van der Waals surface area contributed by atoms with Gasteiger partial charge in [0, 0.05) is 22.5 Å². The second kappa shape index (κ2) is 7.92. The van der Waals surface area contributed by atoms with Gasteiger partial charge in [-0.15, -0.1) is 0 Å². The second-order valence-electron chi connectivity index (χ2n) is 9.02. The number of benzene rings is 3. The van der Waals surface area contributed by atoms with Crippen LogP contribution in [-0.4, -0.2) is 19.7 Å². The number of nitrogens with zero attached hydrogens (tertiary/aromatic N) is 4. The molecule has 3 heterocycles.